The van der Waals surface area contributed by atoms with Crippen molar-refractivity contribution in [3.8, 4) is 0 Å². The van der Waals surface area contributed by atoms with E-state index in [0.29, 0.717) is 12.0 Å². The summed E-state index contributed by atoms with van der Waals surface area (Å²) in [7, 11) is 0. The van der Waals surface area contributed by atoms with Crippen LogP contribution in [-0.2, 0) is 4.74 Å². The highest BCUT2D eigenvalue weighted by atomic mass is 16.5. The molecule has 2 rings (SSSR count). The lowest BCUT2D eigenvalue weighted by molar-refractivity contribution is 0.126. The standard InChI is InChI=1S/C10H22N2.C8H14O.H2/c1-4-6-12-8-9(3)11-7-10(12)5-2;1-7-3-4-9-6-8(2)5-7;/h9-11H,4-8H2,1-3H3;5,8H,3-4,6H2,1-2H3;1H/t9-,10+;8-;/m10./s1. The van der Waals surface area contributed by atoms with Crippen molar-refractivity contribution >= 4 is 0 Å². The van der Waals surface area contributed by atoms with E-state index in [1.54, 1.807) is 0 Å². The second kappa shape index (κ2) is 10.4. The molecule has 0 spiro atoms. The Morgan fingerprint density at radius 1 is 1.38 bits per heavy atom. The van der Waals surface area contributed by atoms with Crippen LogP contribution in [0.15, 0.2) is 11.6 Å². The highest BCUT2D eigenvalue weighted by molar-refractivity contribution is 5.01. The van der Waals surface area contributed by atoms with Crippen molar-refractivity contribution < 1.29 is 6.16 Å². The van der Waals surface area contributed by atoms with Crippen LogP contribution >= 0.6 is 0 Å². The number of piperazine rings is 1. The van der Waals surface area contributed by atoms with Crippen molar-refractivity contribution in [2.45, 2.75) is 66.0 Å². The molecule has 2 heterocycles. The first-order chi connectivity index (χ1) is 10.1. The number of hydrogen-bond acceptors (Lipinski definition) is 3. The summed E-state index contributed by atoms with van der Waals surface area (Å²) in [6, 6.07) is 1.46. The predicted octanol–water partition coefficient (Wildman–Crippen LogP) is 3.70. The maximum atomic E-state index is 5.33. The van der Waals surface area contributed by atoms with Gasteiger partial charge >= 0.3 is 0 Å². The zero-order valence-electron chi connectivity index (χ0n) is 14.8. The Labute approximate surface area is 133 Å². The fourth-order valence-corrected chi connectivity index (χ4v) is 3.11. The van der Waals surface area contributed by atoms with Gasteiger partial charge in [-0.15, -0.1) is 0 Å². The molecule has 0 amide bonds. The third-order valence-corrected chi connectivity index (χ3v) is 4.30. The van der Waals surface area contributed by atoms with E-state index in [4.69, 9.17) is 4.74 Å². The van der Waals surface area contributed by atoms with E-state index in [9.17, 15) is 0 Å². The maximum Gasteiger partial charge on any atom is 0.0526 e. The van der Waals surface area contributed by atoms with Gasteiger partial charge < -0.3 is 10.1 Å². The van der Waals surface area contributed by atoms with Crippen LogP contribution < -0.4 is 5.32 Å². The fraction of sp³-hybridized carbons (Fsp3) is 0.889. The summed E-state index contributed by atoms with van der Waals surface area (Å²) in [4.78, 5) is 2.63. The van der Waals surface area contributed by atoms with Gasteiger partial charge in [0.15, 0.2) is 0 Å². The van der Waals surface area contributed by atoms with E-state index in [2.05, 4.69) is 50.9 Å². The van der Waals surface area contributed by atoms with E-state index in [0.717, 1.165) is 25.7 Å². The summed E-state index contributed by atoms with van der Waals surface area (Å²) < 4.78 is 5.33. The number of hydrogen-bond donors (Lipinski definition) is 1. The number of ether oxygens (including phenoxy) is 1. The van der Waals surface area contributed by atoms with Gasteiger partial charge in [0, 0.05) is 26.6 Å². The minimum Gasteiger partial charge on any atom is -0.381 e. The lowest BCUT2D eigenvalue weighted by Gasteiger charge is -2.38. The molecule has 1 saturated heterocycles. The summed E-state index contributed by atoms with van der Waals surface area (Å²) >= 11 is 0. The third-order valence-electron chi connectivity index (χ3n) is 4.30. The minimum atomic E-state index is 0. The van der Waals surface area contributed by atoms with Crippen molar-refractivity contribution in [3.63, 3.8) is 0 Å². The Morgan fingerprint density at radius 3 is 2.81 bits per heavy atom. The second-order valence-electron chi connectivity index (χ2n) is 6.68. The van der Waals surface area contributed by atoms with E-state index < -0.39 is 0 Å². The molecule has 0 saturated carbocycles. The molecule has 3 nitrogen and oxygen atoms in total. The largest absolute Gasteiger partial charge is 0.381 e. The molecular weight excluding hydrogens is 260 g/mol. The Balaban J connectivity index is 0.000000397. The van der Waals surface area contributed by atoms with Crippen LogP contribution in [0.1, 0.15) is 55.3 Å². The lowest BCUT2D eigenvalue weighted by Crippen LogP contribution is -2.55. The molecule has 1 fully saturated rings. The smallest absolute Gasteiger partial charge is 0.0526 e. The monoisotopic (exact) mass is 298 g/mol. The van der Waals surface area contributed by atoms with Gasteiger partial charge in [-0.2, -0.15) is 0 Å². The number of nitrogens with zero attached hydrogens (tertiary/aromatic N) is 1. The molecule has 0 aliphatic carbocycles. The topological polar surface area (TPSA) is 24.5 Å². The van der Waals surface area contributed by atoms with Gasteiger partial charge in [0.1, 0.15) is 0 Å². The molecule has 126 valence electrons. The van der Waals surface area contributed by atoms with Crippen molar-refractivity contribution in [3.05, 3.63) is 11.6 Å². The van der Waals surface area contributed by atoms with Crippen LogP contribution in [-0.4, -0.2) is 49.8 Å². The molecule has 0 aromatic carbocycles. The Kier molecular flexibility index (Phi) is 9.21. The SMILES string of the molecule is CC1=C[C@H](C)COCC1.CCCN1C[C@@H](C)NC[C@@H]1CC.[HH]. The summed E-state index contributed by atoms with van der Waals surface area (Å²) in [6.45, 7) is 16.7. The molecule has 0 radical (unpaired) electrons. The molecule has 3 atom stereocenters. The molecule has 2 aliphatic rings. The van der Waals surface area contributed by atoms with Crippen LogP contribution in [0.5, 0.6) is 0 Å². The molecular formula is C18H38N2O. The first-order valence-electron chi connectivity index (χ1n) is 8.79. The molecule has 2 aliphatic heterocycles. The van der Waals surface area contributed by atoms with Gasteiger partial charge in [-0.05, 0) is 45.6 Å². The quantitative estimate of drug-likeness (QED) is 0.804. The van der Waals surface area contributed by atoms with E-state index in [-0.39, 0.29) is 1.43 Å². The van der Waals surface area contributed by atoms with E-state index >= 15 is 0 Å². The van der Waals surface area contributed by atoms with Crippen molar-refractivity contribution in [2.75, 3.05) is 32.8 Å². The molecule has 1 N–H and O–H groups in total. The van der Waals surface area contributed by atoms with Crippen LogP contribution in [0.25, 0.3) is 0 Å². The van der Waals surface area contributed by atoms with Crippen LogP contribution in [0.2, 0.25) is 0 Å². The molecule has 0 aromatic heterocycles. The van der Waals surface area contributed by atoms with Crippen LogP contribution in [0.3, 0.4) is 0 Å². The van der Waals surface area contributed by atoms with Gasteiger partial charge in [-0.1, -0.05) is 32.4 Å². The highest BCUT2D eigenvalue weighted by Gasteiger charge is 2.22. The average Bonchev–Trinajstić information content (AvgIpc) is 2.63. The molecule has 21 heavy (non-hydrogen) atoms. The average molecular weight is 299 g/mol. The van der Waals surface area contributed by atoms with Crippen LogP contribution in [0, 0.1) is 5.92 Å². The van der Waals surface area contributed by atoms with Crippen molar-refractivity contribution in [1.29, 1.82) is 0 Å². The molecule has 3 heteroatoms. The molecule has 0 bridgehead atoms. The van der Waals surface area contributed by atoms with Crippen molar-refractivity contribution in [1.82, 2.24) is 10.2 Å². The van der Waals surface area contributed by atoms with E-state index in [1.165, 1.54) is 38.0 Å². The van der Waals surface area contributed by atoms with Gasteiger partial charge in [0.2, 0.25) is 0 Å². The van der Waals surface area contributed by atoms with Gasteiger partial charge in [-0.3, -0.25) is 4.90 Å². The Morgan fingerprint density at radius 2 is 2.14 bits per heavy atom. The van der Waals surface area contributed by atoms with Gasteiger partial charge in [0.05, 0.1) is 13.2 Å². The van der Waals surface area contributed by atoms with Crippen LogP contribution in [0.4, 0.5) is 0 Å². The fourth-order valence-electron chi connectivity index (χ4n) is 3.11. The Hall–Kier alpha value is -0.380. The van der Waals surface area contributed by atoms with E-state index in [1.807, 2.05) is 0 Å². The van der Waals surface area contributed by atoms with Gasteiger partial charge in [0.25, 0.3) is 0 Å². The normalized spacial score (nSPS) is 30.9. The lowest BCUT2D eigenvalue weighted by atomic mass is 10.1. The molecule has 0 unspecified atom stereocenters. The Bertz CT molecular complexity index is 309. The highest BCUT2D eigenvalue weighted by Crippen LogP contribution is 2.11. The zero-order chi connectivity index (χ0) is 15.7. The first kappa shape index (κ1) is 18.7. The summed E-state index contributed by atoms with van der Waals surface area (Å²) in [5, 5.41) is 3.53. The third kappa shape index (κ3) is 7.44. The van der Waals surface area contributed by atoms with Crippen molar-refractivity contribution in [2.24, 2.45) is 5.92 Å². The molecule has 0 aromatic rings. The predicted molar refractivity (Wildman–Crippen MR) is 93.9 cm³/mol. The minimum absolute atomic E-state index is 0. The number of rotatable bonds is 3. The summed E-state index contributed by atoms with van der Waals surface area (Å²) in [5.74, 6) is 0.618. The first-order valence-corrected chi connectivity index (χ1v) is 8.79. The summed E-state index contributed by atoms with van der Waals surface area (Å²) in [5.41, 5.74) is 1.47. The number of nitrogens with one attached hydrogen (secondary N) is 1. The maximum absolute atomic E-state index is 5.33. The zero-order valence-corrected chi connectivity index (χ0v) is 14.8. The summed E-state index contributed by atoms with van der Waals surface area (Å²) in [6.07, 6.45) is 5.97. The second-order valence-corrected chi connectivity index (χ2v) is 6.68. The van der Waals surface area contributed by atoms with Gasteiger partial charge in [-0.25, -0.2) is 0 Å².